The Hall–Kier alpha value is -4.13. The second kappa shape index (κ2) is 10.0. The summed E-state index contributed by atoms with van der Waals surface area (Å²) in [5.74, 6) is -1.71. The van der Waals surface area contributed by atoms with Crippen LogP contribution >= 0.6 is 0 Å². The predicted octanol–water partition coefficient (Wildman–Crippen LogP) is 5.20. The average molecular weight is 473 g/mol. The zero-order chi connectivity index (χ0) is 25.1. The fourth-order valence-electron chi connectivity index (χ4n) is 4.50. The lowest BCUT2D eigenvalue weighted by molar-refractivity contribution is -0.119. The molecule has 0 fully saturated rings. The minimum absolute atomic E-state index is 0.0739. The van der Waals surface area contributed by atoms with Gasteiger partial charge in [-0.25, -0.2) is 9.59 Å². The van der Waals surface area contributed by atoms with E-state index in [2.05, 4.69) is 22.8 Å². The summed E-state index contributed by atoms with van der Waals surface area (Å²) in [4.78, 5) is 36.8. The molecule has 3 aromatic rings. The van der Waals surface area contributed by atoms with Crippen molar-refractivity contribution in [2.45, 2.75) is 32.7 Å². The maximum atomic E-state index is 12.9. The summed E-state index contributed by atoms with van der Waals surface area (Å²) in [6.07, 6.45) is -0.668. The van der Waals surface area contributed by atoms with Crippen LogP contribution in [-0.4, -0.2) is 35.7 Å². The van der Waals surface area contributed by atoms with Gasteiger partial charge in [0.05, 0.1) is 5.56 Å². The van der Waals surface area contributed by atoms with Crippen LogP contribution in [0.15, 0.2) is 66.7 Å². The van der Waals surface area contributed by atoms with E-state index in [4.69, 9.17) is 4.74 Å². The molecule has 180 valence electrons. The first-order valence-corrected chi connectivity index (χ1v) is 11.5. The first-order valence-electron chi connectivity index (χ1n) is 11.5. The number of aromatic carboxylic acids is 1. The Morgan fingerprint density at radius 2 is 1.54 bits per heavy atom. The molecule has 7 nitrogen and oxygen atoms in total. The second-order valence-corrected chi connectivity index (χ2v) is 9.02. The van der Waals surface area contributed by atoms with E-state index in [1.54, 1.807) is 13.0 Å². The maximum absolute atomic E-state index is 12.9. The minimum Gasteiger partial charge on any atom is -0.478 e. The number of hydrogen-bond donors (Lipinski definition) is 3. The van der Waals surface area contributed by atoms with Crippen molar-refractivity contribution in [2.24, 2.45) is 5.92 Å². The SMILES string of the molecule is Cc1cc(NC(=O)C(NC(=O)OCC2c3ccccc3-c3ccccc32)C(C)C)ccc1C(=O)O. The van der Waals surface area contributed by atoms with Crippen molar-refractivity contribution in [1.29, 1.82) is 0 Å². The van der Waals surface area contributed by atoms with Crippen molar-refractivity contribution < 1.29 is 24.2 Å². The van der Waals surface area contributed by atoms with Crippen molar-refractivity contribution in [3.05, 3.63) is 89.0 Å². The number of anilines is 1. The number of fused-ring (bicyclic) bond motifs is 3. The molecule has 1 aliphatic carbocycles. The number of rotatable bonds is 7. The zero-order valence-corrected chi connectivity index (χ0v) is 19.9. The van der Waals surface area contributed by atoms with E-state index in [0.29, 0.717) is 11.3 Å². The van der Waals surface area contributed by atoms with Crippen LogP contribution in [-0.2, 0) is 9.53 Å². The van der Waals surface area contributed by atoms with Crippen LogP contribution in [0.25, 0.3) is 11.1 Å². The first-order chi connectivity index (χ1) is 16.8. The van der Waals surface area contributed by atoms with Gasteiger partial charge in [0.15, 0.2) is 0 Å². The largest absolute Gasteiger partial charge is 0.478 e. The highest BCUT2D eigenvalue weighted by Gasteiger charge is 2.30. The molecule has 3 aromatic carbocycles. The summed E-state index contributed by atoms with van der Waals surface area (Å²) in [6.45, 7) is 5.47. The van der Waals surface area contributed by atoms with E-state index in [9.17, 15) is 19.5 Å². The molecule has 4 rings (SSSR count). The van der Waals surface area contributed by atoms with Crippen LogP contribution in [0.3, 0.4) is 0 Å². The maximum Gasteiger partial charge on any atom is 0.407 e. The molecular formula is C28H28N2O5. The van der Waals surface area contributed by atoms with Crippen LogP contribution in [0.1, 0.15) is 46.8 Å². The molecule has 2 amide bonds. The number of ether oxygens (including phenoxy) is 1. The monoisotopic (exact) mass is 472 g/mol. The average Bonchev–Trinajstić information content (AvgIpc) is 3.14. The van der Waals surface area contributed by atoms with E-state index in [0.717, 1.165) is 22.3 Å². The van der Waals surface area contributed by atoms with Gasteiger partial charge >= 0.3 is 12.1 Å². The van der Waals surface area contributed by atoms with Gasteiger partial charge in [-0.1, -0.05) is 62.4 Å². The molecule has 0 spiro atoms. The summed E-state index contributed by atoms with van der Waals surface area (Å²) in [7, 11) is 0. The molecule has 0 saturated carbocycles. The van der Waals surface area contributed by atoms with Gasteiger partial charge in [-0.05, 0) is 58.9 Å². The summed E-state index contributed by atoms with van der Waals surface area (Å²) < 4.78 is 5.59. The van der Waals surface area contributed by atoms with Crippen LogP contribution < -0.4 is 10.6 Å². The fraction of sp³-hybridized carbons (Fsp3) is 0.250. The summed E-state index contributed by atoms with van der Waals surface area (Å²) >= 11 is 0. The highest BCUT2D eigenvalue weighted by atomic mass is 16.5. The number of carboxylic acid groups (broad SMARTS) is 1. The molecular weight excluding hydrogens is 444 g/mol. The Morgan fingerprint density at radius 1 is 0.943 bits per heavy atom. The van der Waals surface area contributed by atoms with Gasteiger partial charge in [-0.3, -0.25) is 4.79 Å². The van der Waals surface area contributed by atoms with Gasteiger partial charge in [0.25, 0.3) is 0 Å². The van der Waals surface area contributed by atoms with Crippen molar-refractivity contribution in [3.8, 4) is 11.1 Å². The number of amides is 2. The van der Waals surface area contributed by atoms with Gasteiger partial charge < -0.3 is 20.5 Å². The van der Waals surface area contributed by atoms with Gasteiger partial charge in [0, 0.05) is 11.6 Å². The van der Waals surface area contributed by atoms with Crippen LogP contribution in [0.5, 0.6) is 0 Å². The van der Waals surface area contributed by atoms with Crippen LogP contribution in [0.4, 0.5) is 10.5 Å². The Kier molecular flexibility index (Phi) is 6.87. The number of carbonyl (C=O) groups excluding carboxylic acids is 2. The molecule has 0 radical (unpaired) electrons. The number of hydrogen-bond acceptors (Lipinski definition) is 4. The van der Waals surface area contributed by atoms with Crippen LogP contribution in [0, 0.1) is 12.8 Å². The van der Waals surface area contributed by atoms with Gasteiger partial charge in [0.1, 0.15) is 12.6 Å². The van der Waals surface area contributed by atoms with Crippen molar-refractivity contribution in [2.75, 3.05) is 11.9 Å². The number of alkyl carbamates (subject to hydrolysis) is 1. The van der Waals surface area contributed by atoms with E-state index in [1.807, 2.05) is 50.2 Å². The number of carbonyl (C=O) groups is 3. The number of nitrogens with one attached hydrogen (secondary N) is 2. The predicted molar refractivity (Wildman–Crippen MR) is 134 cm³/mol. The lowest BCUT2D eigenvalue weighted by Gasteiger charge is -2.22. The second-order valence-electron chi connectivity index (χ2n) is 9.02. The van der Waals surface area contributed by atoms with Gasteiger partial charge in [0.2, 0.25) is 5.91 Å². The normalized spacial score (nSPS) is 13.0. The van der Waals surface area contributed by atoms with Gasteiger partial charge in [-0.15, -0.1) is 0 Å². The van der Waals surface area contributed by atoms with E-state index < -0.39 is 24.0 Å². The van der Waals surface area contributed by atoms with E-state index in [-0.39, 0.29) is 24.0 Å². The Balaban J connectivity index is 1.41. The summed E-state index contributed by atoms with van der Waals surface area (Å²) in [5, 5.41) is 14.6. The number of carboxylic acids is 1. The van der Waals surface area contributed by atoms with Crippen molar-refractivity contribution in [3.63, 3.8) is 0 Å². The third kappa shape index (κ3) is 5.04. The highest BCUT2D eigenvalue weighted by Crippen LogP contribution is 2.44. The zero-order valence-electron chi connectivity index (χ0n) is 19.9. The summed E-state index contributed by atoms with van der Waals surface area (Å²) in [6, 6.07) is 19.9. The van der Waals surface area contributed by atoms with E-state index in [1.165, 1.54) is 12.1 Å². The first kappa shape index (κ1) is 24.0. The molecule has 0 bridgehead atoms. The molecule has 3 N–H and O–H groups in total. The molecule has 1 aliphatic rings. The van der Waals surface area contributed by atoms with E-state index >= 15 is 0 Å². The minimum atomic E-state index is -1.03. The molecule has 1 unspecified atom stereocenters. The Morgan fingerprint density at radius 3 is 2.09 bits per heavy atom. The molecule has 35 heavy (non-hydrogen) atoms. The number of aryl methyl sites for hydroxylation is 1. The third-order valence-corrected chi connectivity index (χ3v) is 6.29. The molecule has 0 heterocycles. The summed E-state index contributed by atoms with van der Waals surface area (Å²) in [5.41, 5.74) is 5.65. The topological polar surface area (TPSA) is 105 Å². The fourth-order valence-corrected chi connectivity index (χ4v) is 4.50. The number of benzene rings is 3. The molecule has 0 aliphatic heterocycles. The molecule has 7 heteroatoms. The molecule has 1 atom stereocenters. The smallest absolute Gasteiger partial charge is 0.407 e. The molecule has 0 aromatic heterocycles. The van der Waals surface area contributed by atoms with Gasteiger partial charge in [-0.2, -0.15) is 0 Å². The Labute approximate surface area is 204 Å². The quantitative estimate of drug-likeness (QED) is 0.439. The highest BCUT2D eigenvalue weighted by molar-refractivity contribution is 5.97. The van der Waals surface area contributed by atoms with Crippen LogP contribution in [0.2, 0.25) is 0 Å². The standard InChI is InChI=1S/C28H28N2O5/c1-16(2)25(26(31)29-18-12-13-19(27(32)33)17(3)14-18)30-28(34)35-15-24-22-10-6-4-8-20(22)21-9-5-7-11-23(21)24/h4-14,16,24-25H,15H2,1-3H3,(H,29,31)(H,30,34)(H,32,33). The lowest BCUT2D eigenvalue weighted by Crippen LogP contribution is -2.47. The molecule has 0 saturated heterocycles. The lowest BCUT2D eigenvalue weighted by atomic mass is 9.98. The van der Waals surface area contributed by atoms with Crippen molar-refractivity contribution in [1.82, 2.24) is 5.32 Å². The Bertz CT molecular complexity index is 1240. The van der Waals surface area contributed by atoms with Crippen molar-refractivity contribution >= 4 is 23.7 Å². The third-order valence-electron chi connectivity index (χ3n) is 6.29.